The highest BCUT2D eigenvalue weighted by atomic mass is 32.2. The summed E-state index contributed by atoms with van der Waals surface area (Å²) in [5.74, 6) is -1.01. The molecule has 0 aliphatic carbocycles. The van der Waals surface area contributed by atoms with Crippen LogP contribution in [0.5, 0.6) is 0 Å². The zero-order valence-corrected chi connectivity index (χ0v) is 26.7. The summed E-state index contributed by atoms with van der Waals surface area (Å²) in [6, 6.07) is -1.06. The van der Waals surface area contributed by atoms with Gasteiger partial charge in [0.2, 0.25) is 5.91 Å². The lowest BCUT2D eigenvalue weighted by atomic mass is 10.1. The number of rotatable bonds is 27. The molecule has 0 spiro atoms. The third-order valence-corrected chi connectivity index (χ3v) is 7.48. The van der Waals surface area contributed by atoms with Gasteiger partial charge < -0.3 is 10.4 Å². The smallest absolute Gasteiger partial charge is 0.267 e. The number of allylic oxidation sites excluding steroid dienone is 9. The van der Waals surface area contributed by atoms with Gasteiger partial charge in [-0.3, -0.25) is 9.35 Å². The van der Waals surface area contributed by atoms with E-state index in [2.05, 4.69) is 67.8 Å². The number of carbonyl (C=O) groups excluding carboxylic acids is 1. The zero-order valence-electron chi connectivity index (χ0n) is 25.9. The minimum Gasteiger partial charge on any atom is -0.387 e. The van der Waals surface area contributed by atoms with Crippen LogP contribution in [0.1, 0.15) is 129 Å². The third-order valence-electron chi connectivity index (χ3n) is 6.70. The highest BCUT2D eigenvalue weighted by molar-refractivity contribution is 7.85. The van der Waals surface area contributed by atoms with Crippen molar-refractivity contribution in [3.8, 4) is 0 Å². The number of unbranched alkanes of at least 4 members (excludes halogenated alkanes) is 11. The van der Waals surface area contributed by atoms with Crippen molar-refractivity contribution in [2.75, 3.05) is 5.75 Å². The summed E-state index contributed by atoms with van der Waals surface area (Å²) in [5, 5.41) is 13.0. The van der Waals surface area contributed by atoms with Crippen molar-refractivity contribution in [1.82, 2.24) is 5.32 Å². The molecule has 0 aromatic carbocycles. The molecule has 0 aromatic rings. The second kappa shape index (κ2) is 28.2. The molecule has 0 bridgehead atoms. The largest absolute Gasteiger partial charge is 0.387 e. The van der Waals surface area contributed by atoms with Crippen LogP contribution in [0.15, 0.2) is 60.8 Å². The molecule has 3 N–H and O–H groups in total. The van der Waals surface area contributed by atoms with E-state index in [1.807, 2.05) is 6.08 Å². The van der Waals surface area contributed by atoms with Gasteiger partial charge in [-0.25, -0.2) is 0 Å². The van der Waals surface area contributed by atoms with E-state index in [1.165, 1.54) is 25.3 Å². The Labute approximate surface area is 251 Å². The van der Waals surface area contributed by atoms with Gasteiger partial charge in [-0.15, -0.1) is 0 Å². The zero-order chi connectivity index (χ0) is 30.4. The van der Waals surface area contributed by atoms with Gasteiger partial charge in [0.15, 0.2) is 0 Å². The molecule has 0 rings (SSSR count). The predicted molar refractivity (Wildman–Crippen MR) is 175 cm³/mol. The van der Waals surface area contributed by atoms with Crippen molar-refractivity contribution in [2.24, 2.45) is 0 Å². The van der Waals surface area contributed by atoms with E-state index in [4.69, 9.17) is 0 Å². The lowest BCUT2D eigenvalue weighted by Gasteiger charge is -2.21. The second-order valence-corrected chi connectivity index (χ2v) is 12.2. The maximum Gasteiger partial charge on any atom is 0.267 e. The van der Waals surface area contributed by atoms with Gasteiger partial charge in [-0.1, -0.05) is 126 Å². The fourth-order valence-corrected chi connectivity index (χ4v) is 5.05. The summed E-state index contributed by atoms with van der Waals surface area (Å²) in [7, 11) is -4.33. The summed E-state index contributed by atoms with van der Waals surface area (Å²) in [6.45, 7) is 4.31. The normalized spacial score (nSPS) is 14.3. The topological polar surface area (TPSA) is 104 Å². The van der Waals surface area contributed by atoms with Crippen LogP contribution in [0, 0.1) is 0 Å². The molecule has 0 aromatic heterocycles. The van der Waals surface area contributed by atoms with Crippen LogP contribution in [0.25, 0.3) is 0 Å². The minimum absolute atomic E-state index is 0.276. The SMILES string of the molecule is CC/C=C\C/C=C\C/C=C\C/C=C\CCCCCCCCC(=O)NC(CS(=O)(=O)O)C(O)/C=C/CCCCCCC. The van der Waals surface area contributed by atoms with Gasteiger partial charge in [0.05, 0.1) is 17.9 Å². The van der Waals surface area contributed by atoms with Crippen LogP contribution < -0.4 is 5.32 Å². The minimum atomic E-state index is -4.33. The van der Waals surface area contributed by atoms with Crippen molar-refractivity contribution >= 4 is 16.0 Å². The molecule has 2 unspecified atom stereocenters. The highest BCUT2D eigenvalue weighted by Crippen LogP contribution is 2.11. The predicted octanol–water partition coefficient (Wildman–Crippen LogP) is 8.56. The number of hydrogen-bond donors (Lipinski definition) is 3. The van der Waals surface area contributed by atoms with E-state index in [0.717, 1.165) is 83.5 Å². The third kappa shape index (κ3) is 29.3. The molecule has 0 aliphatic rings. The fraction of sp³-hybridized carbons (Fsp3) is 0.676. The molecule has 236 valence electrons. The Morgan fingerprint density at radius 1 is 0.683 bits per heavy atom. The van der Waals surface area contributed by atoms with Gasteiger partial charge in [0, 0.05) is 6.42 Å². The molecule has 7 heteroatoms. The first-order chi connectivity index (χ1) is 19.8. The van der Waals surface area contributed by atoms with E-state index in [-0.39, 0.29) is 12.3 Å². The number of hydrogen-bond acceptors (Lipinski definition) is 4. The maximum atomic E-state index is 12.4. The Hall–Kier alpha value is -1.96. The van der Waals surface area contributed by atoms with E-state index in [9.17, 15) is 22.9 Å². The number of aliphatic hydroxyl groups is 1. The van der Waals surface area contributed by atoms with Crippen molar-refractivity contribution < 1.29 is 22.9 Å². The Morgan fingerprint density at radius 2 is 1.17 bits per heavy atom. The molecule has 0 fully saturated rings. The van der Waals surface area contributed by atoms with Gasteiger partial charge in [0.1, 0.15) is 0 Å². The summed E-state index contributed by atoms with van der Waals surface area (Å²) in [4.78, 5) is 12.4. The van der Waals surface area contributed by atoms with E-state index in [0.29, 0.717) is 6.42 Å². The average molecular weight is 594 g/mol. The first kappa shape index (κ1) is 39.0. The first-order valence-corrected chi connectivity index (χ1v) is 17.6. The lowest BCUT2D eigenvalue weighted by Crippen LogP contribution is -2.46. The van der Waals surface area contributed by atoms with Gasteiger partial charge in [-0.2, -0.15) is 8.42 Å². The van der Waals surface area contributed by atoms with Gasteiger partial charge in [0.25, 0.3) is 10.1 Å². The number of amides is 1. The van der Waals surface area contributed by atoms with Crippen molar-refractivity contribution in [3.05, 3.63) is 60.8 Å². The van der Waals surface area contributed by atoms with Gasteiger partial charge >= 0.3 is 0 Å². The van der Waals surface area contributed by atoms with E-state index < -0.39 is 28.0 Å². The molecule has 0 aliphatic heterocycles. The molecule has 41 heavy (non-hydrogen) atoms. The molecule has 0 heterocycles. The summed E-state index contributed by atoms with van der Waals surface area (Å²) < 4.78 is 32.1. The van der Waals surface area contributed by atoms with Gasteiger partial charge in [-0.05, 0) is 57.8 Å². The summed E-state index contributed by atoms with van der Waals surface area (Å²) in [6.07, 6.45) is 37.9. The summed E-state index contributed by atoms with van der Waals surface area (Å²) >= 11 is 0. The molecule has 0 saturated carbocycles. The van der Waals surface area contributed by atoms with Crippen molar-refractivity contribution in [2.45, 2.75) is 142 Å². The van der Waals surface area contributed by atoms with Crippen LogP contribution in [-0.4, -0.2) is 41.9 Å². The van der Waals surface area contributed by atoms with Crippen LogP contribution in [0.3, 0.4) is 0 Å². The van der Waals surface area contributed by atoms with Crippen LogP contribution >= 0.6 is 0 Å². The van der Waals surface area contributed by atoms with Crippen LogP contribution in [0.2, 0.25) is 0 Å². The van der Waals surface area contributed by atoms with Crippen LogP contribution in [0.4, 0.5) is 0 Å². The van der Waals surface area contributed by atoms with Crippen molar-refractivity contribution in [1.29, 1.82) is 0 Å². The lowest BCUT2D eigenvalue weighted by molar-refractivity contribution is -0.122. The average Bonchev–Trinajstić information content (AvgIpc) is 2.92. The second-order valence-electron chi connectivity index (χ2n) is 10.7. The first-order valence-electron chi connectivity index (χ1n) is 16.0. The fourth-order valence-electron chi connectivity index (χ4n) is 4.32. The van der Waals surface area contributed by atoms with E-state index >= 15 is 0 Å². The van der Waals surface area contributed by atoms with Crippen molar-refractivity contribution in [3.63, 3.8) is 0 Å². The van der Waals surface area contributed by atoms with Crippen LogP contribution in [-0.2, 0) is 14.9 Å². The summed E-state index contributed by atoms with van der Waals surface area (Å²) in [5.41, 5.74) is 0. The Morgan fingerprint density at radius 3 is 1.73 bits per heavy atom. The van der Waals surface area contributed by atoms with E-state index in [1.54, 1.807) is 0 Å². The standard InChI is InChI=1S/C34H59NO5S/c1-3-5-7-9-11-12-13-14-15-16-17-18-19-20-21-22-24-26-28-30-34(37)35-32(31-41(38,39)40)33(36)29-27-25-23-10-8-6-4-2/h5,7,11-12,14-15,17-18,27,29,32-33,36H,3-4,6,8-10,13,16,19-26,28,30-31H2,1-2H3,(H,35,37)(H,38,39,40)/b7-5-,12-11-,15-14-,18-17-,29-27+. The Bertz CT molecular complexity index is 874. The molecule has 6 nitrogen and oxygen atoms in total. The molecular formula is C34H59NO5S. The molecule has 1 amide bonds. The Balaban J connectivity index is 4.00. The number of aliphatic hydroxyl groups excluding tert-OH is 1. The molecule has 2 atom stereocenters. The monoisotopic (exact) mass is 593 g/mol. The number of carbonyl (C=O) groups is 1. The molecule has 0 radical (unpaired) electrons. The maximum absolute atomic E-state index is 12.4. The molecule has 0 saturated heterocycles. The quantitative estimate of drug-likeness (QED) is 0.0503. The number of nitrogens with one attached hydrogen (secondary N) is 1. The molecular weight excluding hydrogens is 534 g/mol. The Kier molecular flexibility index (Phi) is 26.8. The highest BCUT2D eigenvalue weighted by Gasteiger charge is 2.24.